The molecule has 0 aromatic heterocycles. The summed E-state index contributed by atoms with van der Waals surface area (Å²) in [7, 11) is -3.70. The van der Waals surface area contributed by atoms with Crippen LogP contribution in [0.1, 0.15) is 18.4 Å². The summed E-state index contributed by atoms with van der Waals surface area (Å²) in [6, 6.07) is 4.30. The molecule has 1 atom stereocenters. The molecule has 1 heterocycles. The number of nitrogens with one attached hydrogen (secondary N) is 2. The fraction of sp³-hybridized carbons (Fsp3) is 0.417. The molecule has 5 nitrogen and oxygen atoms in total. The van der Waals surface area contributed by atoms with Crippen molar-refractivity contribution in [3.63, 3.8) is 0 Å². The van der Waals surface area contributed by atoms with Crippen LogP contribution in [0.15, 0.2) is 27.6 Å². The van der Waals surface area contributed by atoms with Gasteiger partial charge < -0.3 is 5.32 Å². The highest BCUT2D eigenvalue weighted by Gasteiger charge is 2.28. The molecule has 1 fully saturated rings. The lowest BCUT2D eigenvalue weighted by atomic mass is 10.1. The number of piperidine rings is 1. The molecule has 0 bridgehead atoms. The fourth-order valence-electron chi connectivity index (χ4n) is 1.96. The van der Waals surface area contributed by atoms with Crippen LogP contribution in [0.4, 0.5) is 0 Å². The number of sulfonamides is 1. The van der Waals surface area contributed by atoms with Gasteiger partial charge >= 0.3 is 0 Å². The van der Waals surface area contributed by atoms with Crippen LogP contribution >= 0.6 is 15.9 Å². The van der Waals surface area contributed by atoms with E-state index in [0.717, 1.165) is 12.0 Å². The zero-order valence-corrected chi connectivity index (χ0v) is 12.8. The van der Waals surface area contributed by atoms with E-state index in [1.165, 1.54) is 6.07 Å². The van der Waals surface area contributed by atoms with E-state index in [4.69, 9.17) is 0 Å². The summed E-state index contributed by atoms with van der Waals surface area (Å²) in [5, 5.41) is 2.65. The van der Waals surface area contributed by atoms with Gasteiger partial charge in [-0.15, -0.1) is 0 Å². The summed E-state index contributed by atoms with van der Waals surface area (Å²) in [6.45, 7) is 2.48. The monoisotopic (exact) mass is 346 g/mol. The number of aryl methyl sites for hydroxylation is 1. The molecule has 104 valence electrons. The lowest BCUT2D eigenvalue weighted by Gasteiger charge is -2.22. The van der Waals surface area contributed by atoms with Crippen molar-refractivity contribution in [2.75, 3.05) is 6.54 Å². The molecule has 2 N–H and O–H groups in total. The Balaban J connectivity index is 2.24. The highest BCUT2D eigenvalue weighted by Crippen LogP contribution is 2.23. The third kappa shape index (κ3) is 3.34. The number of carbonyl (C=O) groups excluding carboxylic acids is 1. The van der Waals surface area contributed by atoms with Gasteiger partial charge in [-0.25, -0.2) is 8.42 Å². The van der Waals surface area contributed by atoms with Gasteiger partial charge in [0.1, 0.15) is 6.04 Å². The van der Waals surface area contributed by atoms with Gasteiger partial charge in [0.25, 0.3) is 0 Å². The molecule has 1 amide bonds. The minimum atomic E-state index is -3.70. The van der Waals surface area contributed by atoms with Gasteiger partial charge in [-0.2, -0.15) is 4.72 Å². The van der Waals surface area contributed by atoms with E-state index in [1.54, 1.807) is 12.1 Å². The Labute approximate surface area is 121 Å². The zero-order chi connectivity index (χ0) is 14.0. The molecule has 19 heavy (non-hydrogen) atoms. The van der Waals surface area contributed by atoms with Gasteiger partial charge in [0.15, 0.2) is 0 Å². The summed E-state index contributed by atoms with van der Waals surface area (Å²) < 4.78 is 27.5. The van der Waals surface area contributed by atoms with Crippen molar-refractivity contribution >= 4 is 31.9 Å². The van der Waals surface area contributed by atoms with E-state index in [0.29, 0.717) is 17.4 Å². The van der Waals surface area contributed by atoms with Gasteiger partial charge in [-0.3, -0.25) is 4.79 Å². The Bertz CT molecular complexity index is 601. The number of carbonyl (C=O) groups is 1. The molecule has 0 radical (unpaired) electrons. The third-order valence-electron chi connectivity index (χ3n) is 2.96. The summed E-state index contributed by atoms with van der Waals surface area (Å²) >= 11 is 3.24. The lowest BCUT2D eigenvalue weighted by molar-refractivity contribution is -0.124. The first kappa shape index (κ1) is 14.5. The SMILES string of the molecule is Cc1ccc(S(=O)(=O)NC2CCCNC2=O)c(Br)c1. The molecule has 0 saturated carbocycles. The van der Waals surface area contributed by atoms with Crippen LogP contribution in [0.3, 0.4) is 0 Å². The Morgan fingerprint density at radius 3 is 2.79 bits per heavy atom. The van der Waals surface area contributed by atoms with Gasteiger partial charge in [0, 0.05) is 11.0 Å². The van der Waals surface area contributed by atoms with E-state index in [1.807, 2.05) is 6.92 Å². The maximum Gasteiger partial charge on any atom is 0.242 e. The van der Waals surface area contributed by atoms with Crippen LogP contribution in [0.5, 0.6) is 0 Å². The molecule has 1 saturated heterocycles. The molecule has 1 aromatic carbocycles. The molecule has 7 heteroatoms. The zero-order valence-electron chi connectivity index (χ0n) is 10.4. The minimum Gasteiger partial charge on any atom is -0.355 e. The topological polar surface area (TPSA) is 75.3 Å². The fourth-order valence-corrected chi connectivity index (χ4v) is 4.38. The molecule has 0 spiro atoms. The molecule has 1 unspecified atom stereocenters. The highest BCUT2D eigenvalue weighted by molar-refractivity contribution is 9.10. The number of amides is 1. The van der Waals surface area contributed by atoms with Crippen LogP contribution in [-0.4, -0.2) is 26.9 Å². The molecule has 1 aliphatic heterocycles. The molecule has 2 rings (SSSR count). The van der Waals surface area contributed by atoms with Crippen LogP contribution in [0.25, 0.3) is 0 Å². The first-order valence-electron chi connectivity index (χ1n) is 5.96. The number of hydrogen-bond donors (Lipinski definition) is 2. The van der Waals surface area contributed by atoms with E-state index in [-0.39, 0.29) is 10.8 Å². The van der Waals surface area contributed by atoms with Crippen LogP contribution in [0.2, 0.25) is 0 Å². The van der Waals surface area contributed by atoms with Crippen molar-refractivity contribution in [1.82, 2.24) is 10.0 Å². The van der Waals surface area contributed by atoms with Crippen molar-refractivity contribution in [2.24, 2.45) is 0 Å². The number of hydrogen-bond acceptors (Lipinski definition) is 3. The number of benzene rings is 1. The van der Waals surface area contributed by atoms with E-state index < -0.39 is 16.1 Å². The first-order valence-corrected chi connectivity index (χ1v) is 8.24. The van der Waals surface area contributed by atoms with Crippen molar-refractivity contribution in [3.8, 4) is 0 Å². The summed E-state index contributed by atoms with van der Waals surface area (Å²) in [5.74, 6) is -0.266. The van der Waals surface area contributed by atoms with Crippen molar-refractivity contribution in [3.05, 3.63) is 28.2 Å². The summed E-state index contributed by atoms with van der Waals surface area (Å²) in [6.07, 6.45) is 1.29. The maximum absolute atomic E-state index is 12.3. The predicted molar refractivity (Wildman–Crippen MR) is 75.2 cm³/mol. The third-order valence-corrected chi connectivity index (χ3v) is 5.41. The Morgan fingerprint density at radius 1 is 1.42 bits per heavy atom. The van der Waals surface area contributed by atoms with Gasteiger partial charge in [-0.05, 0) is 53.4 Å². The predicted octanol–water partition coefficient (Wildman–Crippen LogP) is 1.31. The second-order valence-corrected chi connectivity index (χ2v) is 7.08. The standard InChI is InChI=1S/C12H15BrN2O3S/c1-8-4-5-11(9(13)7-8)19(17,18)15-10-3-2-6-14-12(10)16/h4-5,7,10,15H,2-3,6H2,1H3,(H,14,16). The molecule has 0 aliphatic carbocycles. The van der Waals surface area contributed by atoms with Crippen LogP contribution in [0, 0.1) is 6.92 Å². The minimum absolute atomic E-state index is 0.150. The quantitative estimate of drug-likeness (QED) is 0.866. The molecular weight excluding hydrogens is 332 g/mol. The normalized spacial score (nSPS) is 20.1. The number of halogens is 1. The van der Waals surface area contributed by atoms with E-state index in [9.17, 15) is 13.2 Å². The summed E-state index contributed by atoms with van der Waals surface area (Å²) in [5.41, 5.74) is 0.959. The van der Waals surface area contributed by atoms with Gasteiger partial charge in [0.05, 0.1) is 4.90 Å². The Morgan fingerprint density at radius 2 is 2.16 bits per heavy atom. The number of rotatable bonds is 3. The smallest absolute Gasteiger partial charge is 0.242 e. The van der Waals surface area contributed by atoms with Crippen molar-refractivity contribution in [2.45, 2.75) is 30.7 Å². The average molecular weight is 347 g/mol. The molecule has 1 aliphatic rings. The first-order chi connectivity index (χ1) is 8.90. The van der Waals surface area contributed by atoms with E-state index >= 15 is 0 Å². The second kappa shape index (κ2) is 5.60. The Hall–Kier alpha value is -0.920. The van der Waals surface area contributed by atoms with Crippen LogP contribution < -0.4 is 10.0 Å². The largest absolute Gasteiger partial charge is 0.355 e. The van der Waals surface area contributed by atoms with Crippen molar-refractivity contribution in [1.29, 1.82) is 0 Å². The van der Waals surface area contributed by atoms with Crippen molar-refractivity contribution < 1.29 is 13.2 Å². The Kier molecular flexibility index (Phi) is 4.27. The van der Waals surface area contributed by atoms with Gasteiger partial charge in [0.2, 0.25) is 15.9 Å². The summed E-state index contributed by atoms with van der Waals surface area (Å²) in [4.78, 5) is 11.7. The average Bonchev–Trinajstić information content (AvgIpc) is 2.31. The lowest BCUT2D eigenvalue weighted by Crippen LogP contribution is -2.50. The van der Waals surface area contributed by atoms with Crippen LogP contribution in [-0.2, 0) is 14.8 Å². The molecule has 1 aromatic rings. The maximum atomic E-state index is 12.3. The van der Waals surface area contributed by atoms with Gasteiger partial charge in [-0.1, -0.05) is 6.07 Å². The van der Waals surface area contributed by atoms with E-state index in [2.05, 4.69) is 26.0 Å². The highest BCUT2D eigenvalue weighted by atomic mass is 79.9. The second-order valence-electron chi connectivity index (χ2n) is 4.54. The molecular formula is C12H15BrN2O3S.